The van der Waals surface area contributed by atoms with Crippen molar-refractivity contribution in [2.45, 2.75) is 151 Å². The van der Waals surface area contributed by atoms with Gasteiger partial charge < -0.3 is 14.5 Å². The number of rotatable bonds is 13. The number of benzene rings is 8. The van der Waals surface area contributed by atoms with E-state index in [1.165, 1.54) is 27.8 Å². The van der Waals surface area contributed by atoms with Gasteiger partial charge in [0.25, 0.3) is 0 Å². The third-order valence-corrected chi connectivity index (χ3v) is 17.2. The molecular formula is C77H81F3N4O. The Balaban J connectivity index is 1.16. The van der Waals surface area contributed by atoms with Crippen molar-refractivity contribution in [3.8, 4) is 50.7 Å². The highest BCUT2D eigenvalue weighted by Crippen LogP contribution is 2.54. The van der Waals surface area contributed by atoms with E-state index in [1.807, 2.05) is 24.4 Å². The lowest BCUT2D eigenvalue weighted by molar-refractivity contribution is 0.483. The molecule has 0 amide bonds. The minimum absolute atomic E-state index is 0.0862. The minimum atomic E-state index is -0.973. The van der Waals surface area contributed by atoms with Crippen LogP contribution < -0.4 is 14.5 Å². The van der Waals surface area contributed by atoms with Crippen molar-refractivity contribution >= 4 is 44.6 Å². The van der Waals surface area contributed by atoms with Crippen LogP contribution in [0, 0.1) is 17.5 Å². The van der Waals surface area contributed by atoms with E-state index in [0.717, 1.165) is 90.2 Å². The van der Waals surface area contributed by atoms with Crippen LogP contribution in [0.2, 0.25) is 0 Å². The van der Waals surface area contributed by atoms with Crippen LogP contribution in [0.4, 0.5) is 35.9 Å². The van der Waals surface area contributed by atoms with Crippen molar-refractivity contribution in [3.05, 3.63) is 214 Å². The summed E-state index contributed by atoms with van der Waals surface area (Å²) in [5.41, 5.74) is 17.0. The Morgan fingerprint density at radius 1 is 0.459 bits per heavy atom. The molecule has 1 aliphatic heterocycles. The molecule has 0 atom stereocenters. The minimum Gasteiger partial charge on any atom is -0.457 e. The highest BCUT2D eigenvalue weighted by Gasteiger charge is 2.35. The summed E-state index contributed by atoms with van der Waals surface area (Å²) in [5.74, 6) is 0.368. The molecule has 436 valence electrons. The second-order valence-corrected chi connectivity index (χ2v) is 27.1. The third kappa shape index (κ3) is 11.1. The number of aromatic nitrogens is 2. The van der Waals surface area contributed by atoms with E-state index in [0.29, 0.717) is 28.7 Å². The maximum absolute atomic E-state index is 16.9. The lowest BCUT2D eigenvalue weighted by Crippen LogP contribution is -2.25. The Morgan fingerprint density at radius 3 is 1.62 bits per heavy atom. The van der Waals surface area contributed by atoms with E-state index in [9.17, 15) is 0 Å². The lowest BCUT2D eigenvalue weighted by Gasteiger charge is -2.31. The maximum Gasteiger partial charge on any atom is 0.137 e. The first-order valence-electron chi connectivity index (χ1n) is 30.4. The number of anilines is 4. The molecule has 5 nitrogen and oxygen atoms in total. The van der Waals surface area contributed by atoms with Gasteiger partial charge in [-0.05, 0) is 163 Å². The standard InChI is InChI=1S/C77H81F3N4O/c1-44(2)49-29-50(45(3)4)31-52(30-49)64-36-55(77(14,15)16)37-65(74-66(79)39-56(78)40-67(74)80)75(64)83-43-82(69-23-19-20-24-70(69)83)57-32-53(73-62(47(7)8)34-51(46(5)6)35-63(73)48(9)10)33-59(41-57)85-58-25-26-61-60-21-17-18-22-68(60)84(71(61)42-58)72-38-54(27-28-81-72)76(11,12)13/h17-42,44-48H,43H2,1-16H3. The third-order valence-electron chi connectivity index (χ3n) is 17.2. The summed E-state index contributed by atoms with van der Waals surface area (Å²) >= 11 is 0. The Hall–Kier alpha value is -8.10. The van der Waals surface area contributed by atoms with Crippen LogP contribution in [0.15, 0.2) is 158 Å². The zero-order chi connectivity index (χ0) is 60.7. The molecular weight excluding hydrogens is 1050 g/mol. The van der Waals surface area contributed by atoms with Gasteiger partial charge in [0, 0.05) is 58.0 Å². The summed E-state index contributed by atoms with van der Waals surface area (Å²) in [7, 11) is 0. The quantitative estimate of drug-likeness (QED) is 0.115. The second kappa shape index (κ2) is 22.4. The number of pyridine rings is 1. The van der Waals surface area contributed by atoms with E-state index in [-0.39, 0.29) is 41.3 Å². The number of hydrogen-bond donors (Lipinski definition) is 0. The number of ether oxygens (including phenoxy) is 1. The van der Waals surface area contributed by atoms with Crippen LogP contribution in [0.5, 0.6) is 11.5 Å². The van der Waals surface area contributed by atoms with Gasteiger partial charge in [-0.15, -0.1) is 0 Å². The molecule has 0 unspecified atom stereocenters. The number of fused-ring (bicyclic) bond motifs is 4. The van der Waals surface area contributed by atoms with Crippen LogP contribution in [0.1, 0.15) is 179 Å². The monoisotopic (exact) mass is 1130 g/mol. The van der Waals surface area contributed by atoms with Crippen molar-refractivity contribution in [3.63, 3.8) is 0 Å². The molecule has 3 heterocycles. The highest BCUT2D eigenvalue weighted by atomic mass is 19.1. The molecule has 2 aromatic heterocycles. The molecule has 0 aliphatic carbocycles. The first-order valence-corrected chi connectivity index (χ1v) is 30.4. The Labute approximate surface area is 502 Å². The van der Waals surface area contributed by atoms with Gasteiger partial charge in [-0.25, -0.2) is 18.2 Å². The normalized spacial score (nSPS) is 13.1. The number of halogens is 3. The maximum atomic E-state index is 16.9. The van der Waals surface area contributed by atoms with Crippen molar-refractivity contribution in [1.29, 1.82) is 0 Å². The zero-order valence-electron chi connectivity index (χ0n) is 52.4. The molecule has 8 heteroatoms. The van der Waals surface area contributed by atoms with Gasteiger partial charge in [-0.1, -0.05) is 171 Å². The van der Waals surface area contributed by atoms with Crippen LogP contribution in [-0.2, 0) is 10.8 Å². The number of para-hydroxylation sites is 3. The van der Waals surface area contributed by atoms with Crippen molar-refractivity contribution < 1.29 is 17.9 Å². The van der Waals surface area contributed by atoms with E-state index in [2.05, 4.69) is 246 Å². The smallest absolute Gasteiger partial charge is 0.137 e. The average molecular weight is 1140 g/mol. The van der Waals surface area contributed by atoms with Crippen LogP contribution in [0.25, 0.3) is 61.0 Å². The Bertz CT molecular complexity index is 4130. The van der Waals surface area contributed by atoms with E-state index >= 15 is 13.2 Å². The number of hydrogen-bond acceptors (Lipinski definition) is 4. The van der Waals surface area contributed by atoms with Crippen molar-refractivity contribution in [1.82, 2.24) is 9.55 Å². The predicted octanol–water partition coefficient (Wildman–Crippen LogP) is 22.8. The van der Waals surface area contributed by atoms with Crippen molar-refractivity contribution in [2.24, 2.45) is 0 Å². The fourth-order valence-corrected chi connectivity index (χ4v) is 12.3. The predicted molar refractivity (Wildman–Crippen MR) is 351 cm³/mol. The molecule has 0 saturated heterocycles. The van der Waals surface area contributed by atoms with Gasteiger partial charge in [0.05, 0.1) is 33.7 Å². The van der Waals surface area contributed by atoms with Gasteiger partial charge in [-0.3, -0.25) is 4.57 Å². The topological polar surface area (TPSA) is 33.5 Å². The molecule has 10 aromatic rings. The number of nitrogens with zero attached hydrogens (tertiary/aromatic N) is 4. The molecule has 11 rings (SSSR count). The fourth-order valence-electron chi connectivity index (χ4n) is 12.3. The molecule has 0 spiro atoms. The van der Waals surface area contributed by atoms with Gasteiger partial charge >= 0.3 is 0 Å². The summed E-state index contributed by atoms with van der Waals surface area (Å²) in [6.07, 6.45) is 1.90. The van der Waals surface area contributed by atoms with Crippen LogP contribution in [0.3, 0.4) is 0 Å². The van der Waals surface area contributed by atoms with Gasteiger partial charge in [-0.2, -0.15) is 0 Å². The second-order valence-electron chi connectivity index (χ2n) is 27.1. The average Bonchev–Trinajstić information content (AvgIpc) is 2.13. The molecule has 8 aromatic carbocycles. The molecule has 1 aliphatic rings. The fraction of sp³-hybridized carbons (Fsp3) is 0.312. The van der Waals surface area contributed by atoms with Crippen LogP contribution in [-0.4, -0.2) is 16.2 Å². The van der Waals surface area contributed by atoms with Crippen LogP contribution >= 0.6 is 0 Å². The zero-order valence-corrected chi connectivity index (χ0v) is 52.4. The Kier molecular flexibility index (Phi) is 15.5. The van der Waals surface area contributed by atoms with E-state index in [1.54, 1.807) is 0 Å². The van der Waals surface area contributed by atoms with Gasteiger partial charge in [0.1, 0.15) is 41.4 Å². The summed E-state index contributed by atoms with van der Waals surface area (Å²) < 4.78 is 58.3. The SMILES string of the molecule is CC(C)c1cc(-c2cc(C(C)(C)C)cc(-c3c(F)cc(F)cc3F)c2N2CN(c3cc(Oc4ccc5c6ccccc6n(-c6cc(C(C)(C)C)ccn6)c5c4)cc(-c4c(C(C)C)cc(C(C)C)cc4C(C)C)c3)c3ccccc32)cc(C(C)C)c1. The molecule has 0 N–H and O–H groups in total. The van der Waals surface area contributed by atoms with E-state index in [4.69, 9.17) is 9.72 Å². The highest BCUT2D eigenvalue weighted by molar-refractivity contribution is 6.09. The van der Waals surface area contributed by atoms with Crippen molar-refractivity contribution in [2.75, 3.05) is 16.5 Å². The molecule has 0 bridgehead atoms. The molecule has 0 radical (unpaired) electrons. The molecule has 0 saturated carbocycles. The van der Waals surface area contributed by atoms with Gasteiger partial charge in [0.15, 0.2) is 0 Å². The first kappa shape index (κ1) is 58.7. The summed E-state index contributed by atoms with van der Waals surface area (Å²) in [5, 5.41) is 2.21. The van der Waals surface area contributed by atoms with Gasteiger partial charge in [0.2, 0.25) is 0 Å². The largest absolute Gasteiger partial charge is 0.457 e. The summed E-state index contributed by atoms with van der Waals surface area (Å²) in [6, 6.07) is 51.2. The summed E-state index contributed by atoms with van der Waals surface area (Å²) in [4.78, 5) is 9.46. The van der Waals surface area contributed by atoms with E-state index < -0.39 is 22.9 Å². The summed E-state index contributed by atoms with van der Waals surface area (Å²) in [6.45, 7) is 35.7. The Morgan fingerprint density at radius 2 is 1.02 bits per heavy atom. The first-order chi connectivity index (χ1) is 40.2. The lowest BCUT2D eigenvalue weighted by atomic mass is 9.81. The molecule has 0 fully saturated rings. The molecule has 85 heavy (non-hydrogen) atoms.